The molecule has 2 aromatic carbocycles. The Labute approximate surface area is 187 Å². The van der Waals surface area contributed by atoms with E-state index in [-0.39, 0.29) is 12.0 Å². The van der Waals surface area contributed by atoms with Crippen molar-refractivity contribution in [2.45, 2.75) is 32.5 Å². The number of amides is 1. The maximum absolute atomic E-state index is 13.5. The van der Waals surface area contributed by atoms with Crippen LogP contribution in [0.5, 0.6) is 17.2 Å². The van der Waals surface area contributed by atoms with E-state index in [0.717, 1.165) is 79.5 Å². The Morgan fingerprint density at radius 3 is 2.69 bits per heavy atom. The first-order valence-corrected chi connectivity index (χ1v) is 11.4. The zero-order chi connectivity index (χ0) is 21.7. The first-order valence-electron chi connectivity index (χ1n) is 11.4. The van der Waals surface area contributed by atoms with Crippen molar-refractivity contribution in [3.05, 3.63) is 53.7 Å². The quantitative estimate of drug-likeness (QED) is 0.630. The molecule has 0 bridgehead atoms. The second-order valence-corrected chi connectivity index (χ2v) is 8.74. The summed E-state index contributed by atoms with van der Waals surface area (Å²) < 4.78 is 19.2. The lowest BCUT2D eigenvalue weighted by Gasteiger charge is -2.35. The van der Waals surface area contributed by atoms with E-state index in [1.807, 2.05) is 29.2 Å². The van der Waals surface area contributed by atoms with Crippen LogP contribution in [0.4, 0.5) is 0 Å². The second-order valence-electron chi connectivity index (χ2n) is 8.74. The number of carbonyl (C=O) groups excluding carboxylic acids is 1. The zero-order valence-corrected chi connectivity index (χ0v) is 18.3. The van der Waals surface area contributed by atoms with E-state index < -0.39 is 0 Å². The number of aromatic nitrogens is 1. The Morgan fingerprint density at radius 2 is 1.84 bits per heavy atom. The van der Waals surface area contributed by atoms with Gasteiger partial charge in [0.25, 0.3) is 5.91 Å². The number of rotatable bonds is 4. The van der Waals surface area contributed by atoms with E-state index in [9.17, 15) is 4.79 Å². The Kier molecular flexibility index (Phi) is 4.72. The molecule has 166 valence electrons. The molecule has 3 aliphatic rings. The van der Waals surface area contributed by atoms with E-state index >= 15 is 0 Å². The predicted octanol–water partition coefficient (Wildman–Crippen LogP) is 3.50. The Bertz CT molecular complexity index is 1180. The van der Waals surface area contributed by atoms with Crippen LogP contribution in [0, 0.1) is 0 Å². The van der Waals surface area contributed by atoms with Crippen molar-refractivity contribution in [2.24, 2.45) is 0 Å². The second kappa shape index (κ2) is 7.74. The van der Waals surface area contributed by atoms with Crippen molar-refractivity contribution in [3.63, 3.8) is 0 Å². The van der Waals surface area contributed by atoms with Gasteiger partial charge in [-0.25, -0.2) is 0 Å². The summed E-state index contributed by atoms with van der Waals surface area (Å²) in [7, 11) is 0. The van der Waals surface area contributed by atoms with Crippen molar-refractivity contribution in [3.8, 4) is 17.2 Å². The summed E-state index contributed by atoms with van der Waals surface area (Å²) in [6.45, 7) is 7.15. The molecule has 7 nitrogen and oxygen atoms in total. The maximum Gasteiger partial charge on any atom is 0.270 e. The minimum absolute atomic E-state index is 0.102. The van der Waals surface area contributed by atoms with Gasteiger partial charge < -0.3 is 23.7 Å². The minimum Gasteiger partial charge on any atom is -0.486 e. The van der Waals surface area contributed by atoms with Crippen molar-refractivity contribution < 1.29 is 19.0 Å². The van der Waals surface area contributed by atoms with Gasteiger partial charge in [0.05, 0.1) is 12.1 Å². The van der Waals surface area contributed by atoms with Gasteiger partial charge in [0.1, 0.15) is 17.5 Å². The van der Waals surface area contributed by atoms with Gasteiger partial charge in [-0.1, -0.05) is 25.1 Å². The molecule has 6 rings (SSSR count). The molecule has 1 atom stereocenters. The van der Waals surface area contributed by atoms with E-state index in [2.05, 4.69) is 34.6 Å². The normalized spacial score (nSPS) is 19.9. The van der Waals surface area contributed by atoms with Crippen molar-refractivity contribution in [2.75, 3.05) is 33.0 Å². The SMILES string of the molecule is CCC1Cn2c(C(=O)N3CCN(Cc4ccc5c(c4)OCO5)CC3)cc3cccc(c32)O1. The molecular weight excluding hydrogens is 406 g/mol. The number of carbonyl (C=O) groups is 1. The number of para-hydroxylation sites is 1. The minimum atomic E-state index is 0.102. The zero-order valence-electron chi connectivity index (χ0n) is 18.3. The van der Waals surface area contributed by atoms with Gasteiger partial charge >= 0.3 is 0 Å². The third kappa shape index (κ3) is 3.28. The average molecular weight is 434 g/mol. The van der Waals surface area contributed by atoms with Crippen LogP contribution in [0.2, 0.25) is 0 Å². The molecule has 0 saturated carbocycles. The number of ether oxygens (including phenoxy) is 3. The summed E-state index contributed by atoms with van der Waals surface area (Å²) in [5.41, 5.74) is 3.02. The Morgan fingerprint density at radius 1 is 1.00 bits per heavy atom. The van der Waals surface area contributed by atoms with Crippen LogP contribution >= 0.6 is 0 Å². The molecule has 3 aliphatic heterocycles. The molecule has 1 aromatic heterocycles. The Hall–Kier alpha value is -3.19. The number of hydrogen-bond acceptors (Lipinski definition) is 5. The summed E-state index contributed by atoms with van der Waals surface area (Å²) in [5.74, 6) is 2.63. The van der Waals surface area contributed by atoms with Crippen molar-refractivity contribution >= 4 is 16.8 Å². The molecule has 0 N–H and O–H groups in total. The van der Waals surface area contributed by atoms with Crippen LogP contribution in [0.25, 0.3) is 10.9 Å². The first-order chi connectivity index (χ1) is 15.7. The Balaban J connectivity index is 1.16. The standard InChI is InChI=1S/C25H27N3O4/c1-2-19-15-28-20(13-18-4-3-5-22(32-19)24(18)28)25(29)27-10-8-26(9-11-27)14-17-6-7-21-23(12-17)31-16-30-21/h3-7,12-13,19H,2,8-11,14-16H2,1H3. The van der Waals surface area contributed by atoms with Gasteiger partial charge in [-0.15, -0.1) is 0 Å². The summed E-state index contributed by atoms with van der Waals surface area (Å²) in [4.78, 5) is 17.9. The van der Waals surface area contributed by atoms with Crippen LogP contribution in [-0.2, 0) is 13.1 Å². The molecule has 4 heterocycles. The molecule has 0 aliphatic carbocycles. The van der Waals surface area contributed by atoms with Crippen LogP contribution in [0.1, 0.15) is 29.4 Å². The molecule has 1 saturated heterocycles. The van der Waals surface area contributed by atoms with E-state index in [4.69, 9.17) is 14.2 Å². The monoisotopic (exact) mass is 433 g/mol. The van der Waals surface area contributed by atoms with E-state index in [0.29, 0.717) is 6.79 Å². The largest absolute Gasteiger partial charge is 0.486 e. The topological polar surface area (TPSA) is 56.2 Å². The van der Waals surface area contributed by atoms with E-state index in [1.54, 1.807) is 0 Å². The third-order valence-corrected chi connectivity index (χ3v) is 6.74. The highest BCUT2D eigenvalue weighted by Gasteiger charge is 2.29. The van der Waals surface area contributed by atoms with E-state index in [1.165, 1.54) is 5.56 Å². The lowest BCUT2D eigenvalue weighted by atomic mass is 10.1. The fraction of sp³-hybridized carbons (Fsp3) is 0.400. The first kappa shape index (κ1) is 19.5. The van der Waals surface area contributed by atoms with Crippen LogP contribution in [-0.4, -0.2) is 59.4 Å². The number of benzene rings is 2. The highest BCUT2D eigenvalue weighted by molar-refractivity contribution is 6.00. The number of hydrogen-bond donors (Lipinski definition) is 0. The lowest BCUT2D eigenvalue weighted by molar-refractivity contribution is 0.0613. The molecule has 1 unspecified atom stereocenters. The highest BCUT2D eigenvalue weighted by Crippen LogP contribution is 2.35. The van der Waals surface area contributed by atoms with Crippen LogP contribution in [0.3, 0.4) is 0 Å². The van der Waals surface area contributed by atoms with Gasteiger partial charge in [-0.2, -0.15) is 0 Å². The van der Waals surface area contributed by atoms with Gasteiger partial charge in [0.15, 0.2) is 11.5 Å². The number of piperazine rings is 1. The van der Waals surface area contributed by atoms with Crippen LogP contribution in [0.15, 0.2) is 42.5 Å². The van der Waals surface area contributed by atoms with Gasteiger partial charge in [0, 0.05) is 38.1 Å². The average Bonchev–Trinajstić information content (AvgIpc) is 3.44. The van der Waals surface area contributed by atoms with Gasteiger partial charge in [-0.05, 0) is 36.2 Å². The number of fused-ring (bicyclic) bond motifs is 1. The summed E-state index contributed by atoms with van der Waals surface area (Å²) in [6, 6.07) is 14.2. The molecule has 3 aromatic rings. The lowest BCUT2D eigenvalue weighted by Crippen LogP contribution is -2.48. The maximum atomic E-state index is 13.5. The number of nitrogens with zero attached hydrogens (tertiary/aromatic N) is 3. The van der Waals surface area contributed by atoms with Gasteiger partial charge in [0.2, 0.25) is 6.79 Å². The summed E-state index contributed by atoms with van der Waals surface area (Å²) in [6.07, 6.45) is 1.02. The van der Waals surface area contributed by atoms with Crippen molar-refractivity contribution in [1.82, 2.24) is 14.4 Å². The van der Waals surface area contributed by atoms with Crippen molar-refractivity contribution in [1.29, 1.82) is 0 Å². The fourth-order valence-corrected chi connectivity index (χ4v) is 4.95. The highest BCUT2D eigenvalue weighted by atomic mass is 16.7. The predicted molar refractivity (Wildman–Crippen MR) is 120 cm³/mol. The molecule has 0 spiro atoms. The van der Waals surface area contributed by atoms with Gasteiger partial charge in [-0.3, -0.25) is 9.69 Å². The van der Waals surface area contributed by atoms with Crippen LogP contribution < -0.4 is 14.2 Å². The molecular formula is C25H27N3O4. The molecule has 1 fully saturated rings. The molecule has 0 radical (unpaired) electrons. The summed E-state index contributed by atoms with van der Waals surface area (Å²) >= 11 is 0. The molecule has 7 heteroatoms. The summed E-state index contributed by atoms with van der Waals surface area (Å²) in [5, 5.41) is 1.07. The third-order valence-electron chi connectivity index (χ3n) is 6.74. The fourth-order valence-electron chi connectivity index (χ4n) is 4.95. The molecule has 32 heavy (non-hydrogen) atoms. The molecule has 1 amide bonds. The smallest absolute Gasteiger partial charge is 0.270 e.